The normalized spacial score (nSPS) is 12.1. The van der Waals surface area contributed by atoms with Gasteiger partial charge in [-0.3, -0.25) is 14.9 Å². The predicted molar refractivity (Wildman–Crippen MR) is 85.3 cm³/mol. The lowest BCUT2D eigenvalue weighted by Gasteiger charge is -2.12. The molecule has 0 saturated carbocycles. The lowest BCUT2D eigenvalue weighted by atomic mass is 10.3. The fourth-order valence-electron chi connectivity index (χ4n) is 1.56. The summed E-state index contributed by atoms with van der Waals surface area (Å²) in [5.74, 6) is -0.184. The molecule has 1 unspecified atom stereocenters. The number of carbonyl (C=O) groups is 1. The summed E-state index contributed by atoms with van der Waals surface area (Å²) < 4.78 is 11.2. The third-order valence-corrected chi connectivity index (χ3v) is 3.13. The average Bonchev–Trinajstić information content (AvgIpc) is 2.96. The van der Waals surface area contributed by atoms with Crippen LogP contribution in [-0.4, -0.2) is 23.1 Å². The molecule has 120 valence electrons. The number of benzene rings is 1. The lowest BCUT2D eigenvalue weighted by molar-refractivity contribution is -0.402. The van der Waals surface area contributed by atoms with Gasteiger partial charge >= 0.3 is 5.88 Å². The summed E-state index contributed by atoms with van der Waals surface area (Å²) in [7, 11) is 0. The second-order valence-electron chi connectivity index (χ2n) is 4.38. The van der Waals surface area contributed by atoms with Crippen molar-refractivity contribution in [2.24, 2.45) is 5.10 Å². The van der Waals surface area contributed by atoms with Crippen molar-refractivity contribution in [2.75, 3.05) is 0 Å². The Bertz CT molecular complexity index is 744. The van der Waals surface area contributed by atoms with Gasteiger partial charge in [0.25, 0.3) is 5.91 Å². The Morgan fingerprint density at radius 2 is 2.26 bits per heavy atom. The van der Waals surface area contributed by atoms with E-state index in [2.05, 4.69) is 26.5 Å². The van der Waals surface area contributed by atoms with Gasteiger partial charge in [0.05, 0.1) is 12.3 Å². The maximum Gasteiger partial charge on any atom is 0.433 e. The first-order valence-corrected chi connectivity index (χ1v) is 7.24. The molecule has 0 aliphatic carbocycles. The number of rotatable bonds is 6. The van der Waals surface area contributed by atoms with Crippen LogP contribution in [0.25, 0.3) is 0 Å². The van der Waals surface area contributed by atoms with Crippen LogP contribution in [-0.2, 0) is 4.79 Å². The lowest BCUT2D eigenvalue weighted by Crippen LogP contribution is -2.33. The molecule has 1 aromatic carbocycles. The van der Waals surface area contributed by atoms with Crippen LogP contribution in [0.2, 0.25) is 0 Å². The van der Waals surface area contributed by atoms with E-state index in [1.807, 2.05) is 6.07 Å². The molecule has 1 amide bonds. The zero-order valence-electron chi connectivity index (χ0n) is 11.9. The van der Waals surface area contributed by atoms with E-state index in [9.17, 15) is 14.9 Å². The number of hydrazone groups is 1. The highest BCUT2D eigenvalue weighted by Gasteiger charge is 2.14. The molecule has 9 heteroatoms. The van der Waals surface area contributed by atoms with Gasteiger partial charge in [-0.2, -0.15) is 5.10 Å². The molecule has 1 heterocycles. The van der Waals surface area contributed by atoms with Crippen molar-refractivity contribution in [3.05, 3.63) is 56.7 Å². The highest BCUT2D eigenvalue weighted by molar-refractivity contribution is 9.10. The third kappa shape index (κ3) is 4.92. The number of nitrogens with one attached hydrogen (secondary N) is 1. The maximum absolute atomic E-state index is 11.8. The summed E-state index contributed by atoms with van der Waals surface area (Å²) >= 11 is 3.31. The molecule has 2 aromatic rings. The van der Waals surface area contributed by atoms with E-state index in [0.717, 1.165) is 10.7 Å². The number of nitrogens with zero attached hydrogens (tertiary/aromatic N) is 2. The van der Waals surface area contributed by atoms with E-state index < -0.39 is 22.8 Å². The zero-order valence-corrected chi connectivity index (χ0v) is 13.5. The summed E-state index contributed by atoms with van der Waals surface area (Å²) in [4.78, 5) is 21.6. The van der Waals surface area contributed by atoms with Crippen molar-refractivity contribution in [1.82, 2.24) is 5.43 Å². The molecule has 0 aliphatic heterocycles. The highest BCUT2D eigenvalue weighted by atomic mass is 79.9. The minimum atomic E-state index is -0.771. The van der Waals surface area contributed by atoms with Crippen LogP contribution in [0.3, 0.4) is 0 Å². The van der Waals surface area contributed by atoms with Crippen LogP contribution in [0, 0.1) is 10.1 Å². The first-order chi connectivity index (χ1) is 11.0. The van der Waals surface area contributed by atoms with Crippen molar-refractivity contribution in [3.8, 4) is 5.75 Å². The number of furan rings is 1. The monoisotopic (exact) mass is 381 g/mol. The smallest absolute Gasteiger partial charge is 0.433 e. The maximum atomic E-state index is 11.8. The summed E-state index contributed by atoms with van der Waals surface area (Å²) in [5, 5.41) is 14.1. The van der Waals surface area contributed by atoms with Crippen molar-refractivity contribution in [1.29, 1.82) is 0 Å². The molecule has 0 fully saturated rings. The van der Waals surface area contributed by atoms with Gasteiger partial charge in [-0.15, -0.1) is 0 Å². The van der Waals surface area contributed by atoms with Crippen molar-refractivity contribution in [3.63, 3.8) is 0 Å². The van der Waals surface area contributed by atoms with Crippen molar-refractivity contribution < 1.29 is 18.9 Å². The Kier molecular flexibility index (Phi) is 5.47. The molecule has 0 radical (unpaired) electrons. The summed E-state index contributed by atoms with van der Waals surface area (Å²) in [5.41, 5.74) is 2.27. The van der Waals surface area contributed by atoms with Crippen LogP contribution in [0.1, 0.15) is 12.7 Å². The molecular formula is C14H12BrN3O5. The second kappa shape index (κ2) is 7.54. The fourth-order valence-corrected chi connectivity index (χ4v) is 1.94. The van der Waals surface area contributed by atoms with E-state index in [1.165, 1.54) is 12.1 Å². The van der Waals surface area contributed by atoms with Gasteiger partial charge in [0.15, 0.2) is 11.9 Å². The molecule has 1 N–H and O–H groups in total. The zero-order chi connectivity index (χ0) is 16.8. The number of ether oxygens (including phenoxy) is 1. The predicted octanol–water partition coefficient (Wildman–Crippen LogP) is 2.87. The van der Waals surface area contributed by atoms with Gasteiger partial charge in [0, 0.05) is 4.47 Å². The number of halogens is 1. The molecule has 1 atom stereocenters. The first kappa shape index (κ1) is 16.7. The first-order valence-electron chi connectivity index (χ1n) is 6.45. The van der Waals surface area contributed by atoms with E-state index in [0.29, 0.717) is 5.75 Å². The van der Waals surface area contributed by atoms with Crippen LogP contribution >= 0.6 is 15.9 Å². The Balaban J connectivity index is 1.88. The third-order valence-electron chi connectivity index (χ3n) is 2.64. The number of hydrogen-bond donors (Lipinski definition) is 1. The SMILES string of the molecule is CC(Oc1cccc(Br)c1)C(=O)NN=Cc1ccc([N+](=O)[O-])o1. The Labute approximate surface area is 139 Å². The number of carbonyl (C=O) groups excluding carboxylic acids is 1. The molecule has 2 rings (SSSR count). The van der Waals surface area contributed by atoms with Crippen LogP contribution in [0.15, 0.2) is 50.4 Å². The van der Waals surface area contributed by atoms with Gasteiger partial charge < -0.3 is 9.15 Å². The largest absolute Gasteiger partial charge is 0.481 e. The molecule has 23 heavy (non-hydrogen) atoms. The van der Waals surface area contributed by atoms with Gasteiger partial charge in [-0.05, 0) is 31.2 Å². The van der Waals surface area contributed by atoms with Gasteiger partial charge in [0.1, 0.15) is 10.7 Å². The van der Waals surface area contributed by atoms with E-state index >= 15 is 0 Å². The average molecular weight is 382 g/mol. The Morgan fingerprint density at radius 3 is 2.91 bits per heavy atom. The Hall–Kier alpha value is -2.68. The summed E-state index contributed by atoms with van der Waals surface area (Å²) in [6.45, 7) is 1.57. The number of hydrogen-bond acceptors (Lipinski definition) is 6. The van der Waals surface area contributed by atoms with Crippen molar-refractivity contribution >= 4 is 33.9 Å². The fraction of sp³-hybridized carbons (Fsp3) is 0.143. The second-order valence-corrected chi connectivity index (χ2v) is 5.30. The summed E-state index contributed by atoms with van der Waals surface area (Å²) in [6, 6.07) is 9.64. The summed E-state index contributed by atoms with van der Waals surface area (Å²) in [6.07, 6.45) is 0.392. The molecule has 8 nitrogen and oxygen atoms in total. The topological polar surface area (TPSA) is 107 Å². The number of nitro groups is 1. The molecular weight excluding hydrogens is 370 g/mol. The van der Waals surface area contributed by atoms with Crippen LogP contribution < -0.4 is 10.2 Å². The minimum Gasteiger partial charge on any atom is -0.481 e. The van der Waals surface area contributed by atoms with E-state index in [-0.39, 0.29) is 5.76 Å². The van der Waals surface area contributed by atoms with Gasteiger partial charge in [-0.25, -0.2) is 5.43 Å². The van der Waals surface area contributed by atoms with E-state index in [4.69, 9.17) is 9.15 Å². The minimum absolute atomic E-state index is 0.151. The number of amides is 1. The standard InChI is InChI=1S/C14H12BrN3O5/c1-9(22-11-4-2-3-10(15)7-11)14(19)17-16-8-12-5-6-13(23-12)18(20)21/h2-9H,1H3,(H,17,19). The van der Waals surface area contributed by atoms with Crippen molar-refractivity contribution in [2.45, 2.75) is 13.0 Å². The quantitative estimate of drug-likeness (QED) is 0.470. The van der Waals surface area contributed by atoms with E-state index in [1.54, 1.807) is 25.1 Å². The van der Waals surface area contributed by atoms with Gasteiger partial charge in [0.2, 0.25) is 0 Å². The Morgan fingerprint density at radius 1 is 1.48 bits per heavy atom. The molecule has 0 aliphatic rings. The molecule has 0 saturated heterocycles. The van der Waals surface area contributed by atoms with Crippen LogP contribution in [0.5, 0.6) is 5.75 Å². The highest BCUT2D eigenvalue weighted by Crippen LogP contribution is 2.19. The molecule has 0 bridgehead atoms. The molecule has 0 spiro atoms. The molecule has 1 aromatic heterocycles. The van der Waals surface area contributed by atoms with Crippen LogP contribution in [0.4, 0.5) is 5.88 Å². The van der Waals surface area contributed by atoms with Gasteiger partial charge in [-0.1, -0.05) is 22.0 Å².